The fraction of sp³-hybridized carbons (Fsp3) is 0.538. The first-order valence-electron chi connectivity index (χ1n) is 5.75. The molecule has 0 spiro atoms. The second-order valence-electron chi connectivity index (χ2n) is 4.71. The summed E-state index contributed by atoms with van der Waals surface area (Å²) in [4.78, 5) is 0. The number of hydrogen-bond donors (Lipinski definition) is 1. The smallest absolute Gasteiger partial charge is 0.0342 e. The number of anilines is 1. The van der Waals surface area contributed by atoms with E-state index in [1.807, 2.05) is 0 Å². The van der Waals surface area contributed by atoms with E-state index in [9.17, 15) is 0 Å². The van der Waals surface area contributed by atoms with Gasteiger partial charge >= 0.3 is 0 Å². The molecule has 0 unspecified atom stereocenters. The number of nitrogens with one attached hydrogen (secondary N) is 1. The normalized spacial score (nSPS) is 34.7. The minimum atomic E-state index is 0.768. The number of fused-ring (bicyclic) bond motifs is 1. The van der Waals surface area contributed by atoms with Gasteiger partial charge in [-0.25, -0.2) is 0 Å². The molecule has 2 saturated carbocycles. The van der Waals surface area contributed by atoms with Gasteiger partial charge in [-0.3, -0.25) is 0 Å². The van der Waals surface area contributed by atoms with Gasteiger partial charge in [-0.2, -0.15) is 0 Å². The minimum Gasteiger partial charge on any atom is -0.382 e. The molecule has 3 atom stereocenters. The van der Waals surface area contributed by atoms with Gasteiger partial charge in [0, 0.05) is 11.7 Å². The molecule has 1 nitrogen and oxygen atoms in total. The number of benzene rings is 1. The molecule has 1 aromatic rings. The van der Waals surface area contributed by atoms with Gasteiger partial charge in [-0.15, -0.1) is 0 Å². The van der Waals surface area contributed by atoms with Crippen molar-refractivity contribution in [3.8, 4) is 0 Å². The average molecular weight is 187 g/mol. The van der Waals surface area contributed by atoms with Crippen LogP contribution >= 0.6 is 0 Å². The zero-order valence-corrected chi connectivity index (χ0v) is 8.45. The van der Waals surface area contributed by atoms with Gasteiger partial charge in [0.25, 0.3) is 0 Å². The Kier molecular flexibility index (Phi) is 1.97. The van der Waals surface area contributed by atoms with Crippen LogP contribution in [0.4, 0.5) is 5.69 Å². The van der Waals surface area contributed by atoms with E-state index in [0.29, 0.717) is 0 Å². The van der Waals surface area contributed by atoms with Crippen molar-refractivity contribution in [1.29, 1.82) is 0 Å². The first-order valence-corrected chi connectivity index (χ1v) is 5.75. The molecule has 74 valence electrons. The van der Waals surface area contributed by atoms with Crippen molar-refractivity contribution in [2.24, 2.45) is 11.8 Å². The molecule has 1 aromatic carbocycles. The Labute approximate surface area is 85.5 Å². The summed E-state index contributed by atoms with van der Waals surface area (Å²) in [5, 5.41) is 3.65. The van der Waals surface area contributed by atoms with Gasteiger partial charge in [0.1, 0.15) is 0 Å². The number of hydrogen-bond acceptors (Lipinski definition) is 1. The Morgan fingerprint density at radius 1 is 1.07 bits per heavy atom. The van der Waals surface area contributed by atoms with Crippen LogP contribution in [0.25, 0.3) is 0 Å². The van der Waals surface area contributed by atoms with Gasteiger partial charge in [-0.1, -0.05) is 31.0 Å². The average Bonchev–Trinajstić information content (AvgIpc) is 2.58. The Morgan fingerprint density at radius 3 is 2.71 bits per heavy atom. The molecule has 3 rings (SSSR count). The van der Waals surface area contributed by atoms with Crippen molar-refractivity contribution in [2.45, 2.75) is 31.7 Å². The van der Waals surface area contributed by atoms with Crippen molar-refractivity contribution >= 4 is 5.69 Å². The van der Waals surface area contributed by atoms with E-state index in [0.717, 1.165) is 17.9 Å². The van der Waals surface area contributed by atoms with Gasteiger partial charge in [-0.05, 0) is 36.8 Å². The molecule has 14 heavy (non-hydrogen) atoms. The van der Waals surface area contributed by atoms with Crippen molar-refractivity contribution in [3.63, 3.8) is 0 Å². The molecular weight excluding hydrogens is 170 g/mol. The SMILES string of the molecule is c1ccc(N[C@H]2C[C@H]3CCC[C@H]32)cc1. The highest BCUT2D eigenvalue weighted by Crippen LogP contribution is 2.47. The third-order valence-electron chi connectivity index (χ3n) is 3.92. The van der Waals surface area contributed by atoms with E-state index < -0.39 is 0 Å². The van der Waals surface area contributed by atoms with Crippen molar-refractivity contribution in [2.75, 3.05) is 5.32 Å². The molecule has 0 amide bonds. The van der Waals surface area contributed by atoms with Gasteiger partial charge < -0.3 is 5.32 Å². The quantitative estimate of drug-likeness (QED) is 0.749. The largest absolute Gasteiger partial charge is 0.382 e. The highest BCUT2D eigenvalue weighted by Gasteiger charge is 2.43. The molecule has 0 bridgehead atoms. The van der Waals surface area contributed by atoms with Crippen LogP contribution in [0.3, 0.4) is 0 Å². The van der Waals surface area contributed by atoms with Crippen molar-refractivity contribution < 1.29 is 0 Å². The zero-order chi connectivity index (χ0) is 9.38. The Balaban J connectivity index is 1.64. The van der Waals surface area contributed by atoms with Crippen LogP contribution in [0.1, 0.15) is 25.7 Å². The lowest BCUT2D eigenvalue weighted by molar-refractivity contribution is 0.189. The molecule has 0 aliphatic heterocycles. The van der Waals surface area contributed by atoms with Crippen LogP contribution in [0.2, 0.25) is 0 Å². The first kappa shape index (κ1) is 8.34. The maximum Gasteiger partial charge on any atom is 0.0342 e. The first-order chi connectivity index (χ1) is 6.93. The van der Waals surface area contributed by atoms with Gasteiger partial charge in [0.2, 0.25) is 0 Å². The summed E-state index contributed by atoms with van der Waals surface area (Å²) in [6, 6.07) is 11.4. The van der Waals surface area contributed by atoms with Crippen LogP contribution in [-0.4, -0.2) is 6.04 Å². The van der Waals surface area contributed by atoms with E-state index in [2.05, 4.69) is 35.6 Å². The summed E-state index contributed by atoms with van der Waals surface area (Å²) in [6.45, 7) is 0. The van der Waals surface area contributed by atoms with Crippen LogP contribution in [0.15, 0.2) is 30.3 Å². The fourth-order valence-corrected chi connectivity index (χ4v) is 3.11. The van der Waals surface area contributed by atoms with Gasteiger partial charge in [0.05, 0.1) is 0 Å². The molecule has 0 aromatic heterocycles. The van der Waals surface area contributed by atoms with Crippen molar-refractivity contribution in [1.82, 2.24) is 0 Å². The molecule has 2 aliphatic rings. The van der Waals surface area contributed by atoms with Gasteiger partial charge in [0.15, 0.2) is 0 Å². The Bertz CT molecular complexity index is 306. The van der Waals surface area contributed by atoms with Crippen LogP contribution in [0.5, 0.6) is 0 Å². The lowest BCUT2D eigenvalue weighted by Gasteiger charge is -2.41. The summed E-state index contributed by atoms with van der Waals surface area (Å²) < 4.78 is 0. The Hall–Kier alpha value is -0.980. The van der Waals surface area contributed by atoms with Crippen molar-refractivity contribution in [3.05, 3.63) is 30.3 Å². The molecular formula is C13H17N. The van der Waals surface area contributed by atoms with Crippen LogP contribution in [-0.2, 0) is 0 Å². The number of para-hydroxylation sites is 1. The summed E-state index contributed by atoms with van der Waals surface area (Å²) in [5.41, 5.74) is 1.29. The molecule has 2 aliphatic carbocycles. The third kappa shape index (κ3) is 1.31. The summed E-state index contributed by atoms with van der Waals surface area (Å²) in [5.74, 6) is 2.03. The highest BCUT2D eigenvalue weighted by molar-refractivity contribution is 5.44. The summed E-state index contributed by atoms with van der Waals surface area (Å²) in [7, 11) is 0. The maximum atomic E-state index is 3.65. The lowest BCUT2D eigenvalue weighted by Crippen LogP contribution is -2.43. The highest BCUT2D eigenvalue weighted by atomic mass is 15.0. The Morgan fingerprint density at radius 2 is 1.93 bits per heavy atom. The molecule has 2 fully saturated rings. The fourth-order valence-electron chi connectivity index (χ4n) is 3.11. The third-order valence-corrected chi connectivity index (χ3v) is 3.92. The molecule has 0 heterocycles. The van der Waals surface area contributed by atoms with E-state index in [1.54, 1.807) is 0 Å². The van der Waals surface area contributed by atoms with E-state index >= 15 is 0 Å². The second-order valence-corrected chi connectivity index (χ2v) is 4.71. The standard InChI is InChI=1S/C13H17N/c1-2-6-11(7-3-1)14-13-9-10-5-4-8-12(10)13/h1-3,6-7,10,12-14H,4-5,8-9H2/t10-,12-,13+/m1/s1. The predicted octanol–water partition coefficient (Wildman–Crippen LogP) is 3.29. The molecule has 0 radical (unpaired) electrons. The molecule has 1 N–H and O–H groups in total. The number of rotatable bonds is 2. The van der Waals surface area contributed by atoms with E-state index in [4.69, 9.17) is 0 Å². The summed E-state index contributed by atoms with van der Waals surface area (Å²) >= 11 is 0. The van der Waals surface area contributed by atoms with Crippen LogP contribution in [0, 0.1) is 11.8 Å². The van der Waals surface area contributed by atoms with E-state index in [1.165, 1.54) is 31.4 Å². The lowest BCUT2D eigenvalue weighted by atomic mass is 9.71. The van der Waals surface area contributed by atoms with E-state index in [-0.39, 0.29) is 0 Å². The maximum absolute atomic E-state index is 3.65. The second kappa shape index (κ2) is 3.30. The topological polar surface area (TPSA) is 12.0 Å². The van der Waals surface area contributed by atoms with Crippen LogP contribution < -0.4 is 5.32 Å². The molecule has 1 heteroatoms. The minimum absolute atomic E-state index is 0.768. The zero-order valence-electron chi connectivity index (χ0n) is 8.45. The predicted molar refractivity (Wildman–Crippen MR) is 59.3 cm³/mol. The monoisotopic (exact) mass is 187 g/mol. The molecule has 0 saturated heterocycles. The summed E-state index contributed by atoms with van der Waals surface area (Å²) in [6.07, 6.45) is 5.80.